The summed E-state index contributed by atoms with van der Waals surface area (Å²) in [6, 6.07) is 57.8. The molecule has 7 aromatic carbocycles. The van der Waals surface area contributed by atoms with Crippen molar-refractivity contribution < 1.29 is 0 Å². The molecule has 0 bridgehead atoms. The second-order valence-electron chi connectivity index (χ2n) is 11.7. The zero-order chi connectivity index (χ0) is 28.8. The molecule has 0 aliphatic rings. The molecule has 0 fully saturated rings. The number of benzene rings is 7. The van der Waals surface area contributed by atoms with E-state index in [4.69, 9.17) is 0 Å². The Bertz CT molecular complexity index is 2820. The summed E-state index contributed by atoms with van der Waals surface area (Å²) >= 11 is 0. The van der Waals surface area contributed by atoms with Gasteiger partial charge in [-0.2, -0.15) is 0 Å². The molecule has 0 radical (unpaired) electrons. The summed E-state index contributed by atoms with van der Waals surface area (Å²) < 4.78 is 5.03. The Morgan fingerprint density at radius 2 is 0.659 bits per heavy atom. The van der Waals surface area contributed by atoms with Crippen LogP contribution in [0.3, 0.4) is 0 Å². The van der Waals surface area contributed by atoms with E-state index in [9.17, 15) is 0 Å². The van der Waals surface area contributed by atoms with Crippen LogP contribution >= 0.6 is 0 Å². The van der Waals surface area contributed by atoms with Gasteiger partial charge in [0, 0.05) is 38.0 Å². The lowest BCUT2D eigenvalue weighted by atomic mass is 10.0. The van der Waals surface area contributed by atoms with Crippen LogP contribution in [0.5, 0.6) is 0 Å². The van der Waals surface area contributed by atoms with E-state index in [2.05, 4.69) is 167 Å². The summed E-state index contributed by atoms with van der Waals surface area (Å²) in [5, 5.41) is 12.5. The van der Waals surface area contributed by atoms with Gasteiger partial charge in [-0.3, -0.25) is 0 Å². The van der Waals surface area contributed by atoms with E-state index in [0.717, 1.165) is 5.69 Å². The molecule has 3 aromatic heterocycles. The summed E-state index contributed by atoms with van der Waals surface area (Å²) in [6.07, 6.45) is 0. The smallest absolute Gasteiger partial charge is 0.0789 e. The molecule has 2 nitrogen and oxygen atoms in total. The molecule has 0 saturated carbocycles. The highest BCUT2D eigenvalue weighted by Gasteiger charge is 2.21. The summed E-state index contributed by atoms with van der Waals surface area (Å²) in [4.78, 5) is 0. The number of hydrogen-bond donors (Lipinski definition) is 0. The Kier molecular flexibility index (Phi) is 4.75. The van der Waals surface area contributed by atoms with Gasteiger partial charge in [0.1, 0.15) is 0 Å². The van der Waals surface area contributed by atoms with Crippen molar-refractivity contribution >= 4 is 81.4 Å². The molecule has 0 amide bonds. The second-order valence-corrected chi connectivity index (χ2v) is 11.7. The van der Waals surface area contributed by atoms with E-state index in [1.165, 1.54) is 81.4 Å². The first-order valence-corrected chi connectivity index (χ1v) is 15.2. The molecule has 0 unspecified atom stereocenters. The Hall–Kier alpha value is -5.86. The van der Waals surface area contributed by atoms with E-state index in [1.54, 1.807) is 0 Å². The average Bonchev–Trinajstić information content (AvgIpc) is 3.62. The highest BCUT2D eigenvalue weighted by atomic mass is 15.0. The molecular weight excluding hydrogens is 532 g/mol. The van der Waals surface area contributed by atoms with E-state index in [-0.39, 0.29) is 0 Å². The van der Waals surface area contributed by atoms with Crippen molar-refractivity contribution in [2.45, 2.75) is 0 Å². The van der Waals surface area contributed by atoms with Crippen molar-refractivity contribution in [3.05, 3.63) is 158 Å². The second kappa shape index (κ2) is 8.82. The maximum Gasteiger partial charge on any atom is 0.0789 e. The fraction of sp³-hybridized carbons (Fsp3) is 0. The molecule has 0 atom stereocenters. The van der Waals surface area contributed by atoms with Crippen LogP contribution in [-0.2, 0) is 0 Å². The third-order valence-corrected chi connectivity index (χ3v) is 9.47. The lowest BCUT2D eigenvalue weighted by molar-refractivity contribution is 1.18. The van der Waals surface area contributed by atoms with Crippen molar-refractivity contribution in [3.8, 4) is 5.69 Å². The van der Waals surface area contributed by atoms with Crippen LogP contribution in [0.4, 0.5) is 0 Å². The monoisotopic (exact) mass is 558 g/mol. The van der Waals surface area contributed by atoms with Gasteiger partial charge in [0.25, 0.3) is 0 Å². The highest BCUT2D eigenvalue weighted by Crippen LogP contribution is 2.43. The molecule has 10 rings (SSSR count). The Balaban J connectivity index is 1.64. The van der Waals surface area contributed by atoms with Crippen molar-refractivity contribution in [2.24, 2.45) is 0 Å². The van der Waals surface area contributed by atoms with E-state index in [0.29, 0.717) is 0 Å². The van der Waals surface area contributed by atoms with Crippen LogP contribution in [0.25, 0.3) is 87.1 Å². The zero-order valence-electron chi connectivity index (χ0n) is 23.9. The van der Waals surface area contributed by atoms with Crippen LogP contribution in [0, 0.1) is 0 Å². The van der Waals surface area contributed by atoms with Gasteiger partial charge < -0.3 is 8.97 Å². The number of para-hydroxylation sites is 4. The summed E-state index contributed by atoms with van der Waals surface area (Å²) in [5.41, 5.74) is 7.27. The molecule has 10 aromatic rings. The first-order chi connectivity index (χ1) is 21.9. The topological polar surface area (TPSA) is 9.34 Å². The molecule has 0 spiro atoms. The van der Waals surface area contributed by atoms with Crippen LogP contribution in [-0.4, -0.2) is 8.97 Å². The van der Waals surface area contributed by atoms with E-state index >= 15 is 0 Å². The summed E-state index contributed by atoms with van der Waals surface area (Å²) in [7, 11) is 0. The zero-order valence-corrected chi connectivity index (χ0v) is 23.9. The largest absolute Gasteiger partial charge is 0.307 e. The molecule has 0 aliphatic carbocycles. The van der Waals surface area contributed by atoms with Crippen LogP contribution in [0.15, 0.2) is 158 Å². The average molecular weight is 559 g/mol. The number of nitrogens with zero attached hydrogens (tertiary/aromatic N) is 2. The SMILES string of the molecule is c1ccc(-n2c3ccccc3c3ccc4c5cccc6c7ccccc7c7ccccc7c7ccccc7n(c65)c4c32)cc1. The number of fused-ring (bicyclic) bond motifs is 14. The molecule has 0 aliphatic heterocycles. The van der Waals surface area contributed by atoms with Crippen LogP contribution in [0.2, 0.25) is 0 Å². The van der Waals surface area contributed by atoms with Crippen molar-refractivity contribution in [1.82, 2.24) is 8.97 Å². The first kappa shape index (κ1) is 23.7. The van der Waals surface area contributed by atoms with Gasteiger partial charge in [0.05, 0.1) is 27.6 Å². The highest BCUT2D eigenvalue weighted by molar-refractivity contribution is 6.29. The Morgan fingerprint density at radius 3 is 1.32 bits per heavy atom. The molecule has 204 valence electrons. The summed E-state index contributed by atoms with van der Waals surface area (Å²) in [5.74, 6) is 0. The molecule has 44 heavy (non-hydrogen) atoms. The van der Waals surface area contributed by atoms with Gasteiger partial charge >= 0.3 is 0 Å². The Labute approximate surface area is 253 Å². The van der Waals surface area contributed by atoms with E-state index in [1.807, 2.05) is 0 Å². The molecule has 2 heteroatoms. The van der Waals surface area contributed by atoms with Crippen LogP contribution < -0.4 is 0 Å². The minimum atomic E-state index is 1.16. The fourth-order valence-electron chi connectivity index (χ4n) is 7.70. The standard InChI is InChI=1S/C42H26N2/c1-2-13-27(14-3-1)43-38-23-10-9-20-33(38)36-25-26-37-35-22-12-21-34-31-18-7-5-16-29(31)28-15-4-6-17-30(28)32-19-8-11-24-39(32)44(40(34)35)42(37)41(36)43/h1-26H. The lowest BCUT2D eigenvalue weighted by Gasteiger charge is -2.10. The van der Waals surface area contributed by atoms with Gasteiger partial charge in [0.15, 0.2) is 0 Å². The molecule has 3 heterocycles. The van der Waals surface area contributed by atoms with Crippen molar-refractivity contribution in [2.75, 3.05) is 0 Å². The maximum atomic E-state index is 2.56. The van der Waals surface area contributed by atoms with Gasteiger partial charge in [-0.15, -0.1) is 0 Å². The number of hydrogen-bond acceptors (Lipinski definition) is 0. The van der Waals surface area contributed by atoms with Crippen LogP contribution in [0.1, 0.15) is 0 Å². The normalized spacial score (nSPS) is 12.1. The molecule has 0 saturated heterocycles. The third-order valence-electron chi connectivity index (χ3n) is 9.47. The molecule has 0 N–H and O–H groups in total. The van der Waals surface area contributed by atoms with Gasteiger partial charge in [-0.1, -0.05) is 133 Å². The predicted molar refractivity (Wildman–Crippen MR) is 188 cm³/mol. The number of rotatable bonds is 1. The van der Waals surface area contributed by atoms with Gasteiger partial charge in [0.2, 0.25) is 0 Å². The van der Waals surface area contributed by atoms with E-state index < -0.39 is 0 Å². The minimum absolute atomic E-state index is 1.16. The fourth-order valence-corrected chi connectivity index (χ4v) is 7.70. The molecular formula is C42H26N2. The van der Waals surface area contributed by atoms with Crippen molar-refractivity contribution in [1.29, 1.82) is 0 Å². The summed E-state index contributed by atoms with van der Waals surface area (Å²) in [6.45, 7) is 0. The predicted octanol–water partition coefficient (Wildman–Crippen LogP) is 11.4. The number of aromatic nitrogens is 2. The van der Waals surface area contributed by atoms with Gasteiger partial charge in [-0.25, -0.2) is 0 Å². The minimum Gasteiger partial charge on any atom is -0.307 e. The Morgan fingerprint density at radius 1 is 0.250 bits per heavy atom. The maximum absolute atomic E-state index is 2.56. The van der Waals surface area contributed by atoms with Gasteiger partial charge in [-0.05, 0) is 45.8 Å². The van der Waals surface area contributed by atoms with Crippen molar-refractivity contribution in [3.63, 3.8) is 0 Å². The lowest BCUT2D eigenvalue weighted by Crippen LogP contribution is -1.95. The first-order valence-electron chi connectivity index (χ1n) is 15.2. The quantitative estimate of drug-likeness (QED) is 0.190. The third kappa shape index (κ3) is 3.04.